The van der Waals surface area contributed by atoms with Gasteiger partial charge in [0.25, 0.3) is 15.9 Å². The lowest BCUT2D eigenvalue weighted by atomic mass is 10.1. The van der Waals surface area contributed by atoms with Crippen LogP contribution in [0, 0.1) is 11.7 Å². The quantitative estimate of drug-likeness (QED) is 0.770. The van der Waals surface area contributed by atoms with Crippen LogP contribution in [0.3, 0.4) is 0 Å². The fraction of sp³-hybridized carbons (Fsp3) is 0.278. The Morgan fingerprint density at radius 2 is 1.69 bits per heavy atom. The van der Waals surface area contributed by atoms with E-state index < -0.39 is 21.7 Å². The molecule has 0 aromatic heterocycles. The number of sulfonamides is 1. The van der Waals surface area contributed by atoms with Gasteiger partial charge in [0, 0.05) is 11.7 Å². The van der Waals surface area contributed by atoms with Crippen LogP contribution >= 0.6 is 11.6 Å². The second kappa shape index (κ2) is 8.05. The van der Waals surface area contributed by atoms with E-state index in [-0.39, 0.29) is 33.1 Å². The second-order valence-corrected chi connectivity index (χ2v) is 8.35. The maximum atomic E-state index is 13.0. The minimum atomic E-state index is -3.95. The van der Waals surface area contributed by atoms with Gasteiger partial charge in [0.2, 0.25) is 0 Å². The largest absolute Gasteiger partial charge is 0.349 e. The number of amides is 1. The van der Waals surface area contributed by atoms with Crippen LogP contribution in [0.15, 0.2) is 47.4 Å². The fourth-order valence-corrected chi connectivity index (χ4v) is 3.32. The van der Waals surface area contributed by atoms with Gasteiger partial charge < -0.3 is 5.32 Å². The molecule has 2 aromatic carbocycles. The molecule has 2 aromatic rings. The molecule has 26 heavy (non-hydrogen) atoms. The Kier molecular flexibility index (Phi) is 6.26. The van der Waals surface area contributed by atoms with Crippen molar-refractivity contribution in [1.29, 1.82) is 0 Å². The van der Waals surface area contributed by atoms with E-state index in [9.17, 15) is 17.6 Å². The predicted molar refractivity (Wildman–Crippen MR) is 100 cm³/mol. The maximum Gasteiger partial charge on any atom is 0.261 e. The van der Waals surface area contributed by atoms with E-state index in [2.05, 4.69) is 10.0 Å². The van der Waals surface area contributed by atoms with Crippen LogP contribution in [0.25, 0.3) is 0 Å². The Hall–Kier alpha value is -2.12. The predicted octanol–water partition coefficient (Wildman–Crippen LogP) is 4.05. The molecule has 1 amide bonds. The van der Waals surface area contributed by atoms with Crippen LogP contribution in [0.5, 0.6) is 0 Å². The Morgan fingerprint density at radius 3 is 2.27 bits per heavy atom. The number of halogens is 2. The number of carbonyl (C=O) groups excluding carboxylic acids is 1. The first-order valence-corrected chi connectivity index (χ1v) is 9.85. The molecule has 2 rings (SSSR count). The van der Waals surface area contributed by atoms with Crippen molar-refractivity contribution in [3.63, 3.8) is 0 Å². The molecule has 0 bridgehead atoms. The molecule has 1 atom stereocenters. The van der Waals surface area contributed by atoms with Gasteiger partial charge in [0.15, 0.2) is 0 Å². The van der Waals surface area contributed by atoms with Gasteiger partial charge >= 0.3 is 0 Å². The van der Waals surface area contributed by atoms with E-state index in [1.54, 1.807) is 0 Å². The molecule has 5 nitrogen and oxygen atoms in total. The second-order valence-electron chi connectivity index (χ2n) is 6.26. The molecule has 0 aliphatic heterocycles. The first kappa shape index (κ1) is 20.2. The normalized spacial score (nSPS) is 12.7. The molecular weight excluding hydrogens is 379 g/mol. The Morgan fingerprint density at radius 1 is 1.08 bits per heavy atom. The molecule has 0 spiro atoms. The zero-order chi connectivity index (χ0) is 19.5. The molecule has 0 heterocycles. The molecular formula is C18H20ClFN2O3S. The van der Waals surface area contributed by atoms with Crippen molar-refractivity contribution < 1.29 is 17.6 Å². The summed E-state index contributed by atoms with van der Waals surface area (Å²) in [4.78, 5) is 12.3. The van der Waals surface area contributed by atoms with E-state index in [0.29, 0.717) is 0 Å². The van der Waals surface area contributed by atoms with Crippen molar-refractivity contribution in [2.45, 2.75) is 31.7 Å². The lowest BCUT2D eigenvalue weighted by molar-refractivity contribution is 0.0930. The summed E-state index contributed by atoms with van der Waals surface area (Å²) in [5.41, 5.74) is 0.280. The van der Waals surface area contributed by atoms with Gasteiger partial charge in [0.1, 0.15) is 5.82 Å². The number of carbonyl (C=O) groups is 1. The molecule has 1 unspecified atom stereocenters. The zero-order valence-electron chi connectivity index (χ0n) is 14.6. The number of hydrogen-bond donors (Lipinski definition) is 2. The van der Waals surface area contributed by atoms with Crippen LogP contribution in [0.1, 0.15) is 31.1 Å². The third-order valence-corrected chi connectivity index (χ3v) is 5.66. The zero-order valence-corrected chi connectivity index (χ0v) is 16.2. The monoisotopic (exact) mass is 398 g/mol. The molecule has 0 radical (unpaired) electrons. The molecule has 8 heteroatoms. The first-order valence-electron chi connectivity index (χ1n) is 7.99. The van der Waals surface area contributed by atoms with E-state index in [1.807, 2.05) is 20.8 Å². The summed E-state index contributed by atoms with van der Waals surface area (Å²) in [5.74, 6) is -0.711. The first-order chi connectivity index (χ1) is 12.1. The van der Waals surface area contributed by atoms with E-state index >= 15 is 0 Å². The van der Waals surface area contributed by atoms with Crippen molar-refractivity contribution in [1.82, 2.24) is 5.32 Å². The van der Waals surface area contributed by atoms with Crippen LogP contribution in [0.2, 0.25) is 5.02 Å². The summed E-state index contributed by atoms with van der Waals surface area (Å²) in [7, 11) is -3.95. The number of anilines is 1. The molecule has 2 N–H and O–H groups in total. The Labute approximate surface area is 157 Å². The van der Waals surface area contributed by atoms with Gasteiger partial charge in [-0.05, 0) is 55.3 Å². The minimum absolute atomic E-state index is 0.0705. The van der Waals surface area contributed by atoms with E-state index in [4.69, 9.17) is 11.6 Å². The highest BCUT2D eigenvalue weighted by molar-refractivity contribution is 7.92. The van der Waals surface area contributed by atoms with Gasteiger partial charge in [-0.3, -0.25) is 9.52 Å². The number of rotatable bonds is 6. The van der Waals surface area contributed by atoms with Gasteiger partial charge in [-0.1, -0.05) is 25.4 Å². The number of hydrogen-bond acceptors (Lipinski definition) is 3. The molecule has 0 fully saturated rings. The van der Waals surface area contributed by atoms with Gasteiger partial charge in [-0.15, -0.1) is 0 Å². The van der Waals surface area contributed by atoms with E-state index in [0.717, 1.165) is 12.1 Å². The highest BCUT2D eigenvalue weighted by Crippen LogP contribution is 2.23. The fourth-order valence-electron chi connectivity index (χ4n) is 2.03. The third kappa shape index (κ3) is 4.95. The Balaban J connectivity index is 2.29. The third-order valence-electron chi connectivity index (χ3n) is 3.95. The minimum Gasteiger partial charge on any atom is -0.349 e. The number of nitrogens with one attached hydrogen (secondary N) is 2. The molecule has 0 aliphatic rings. The summed E-state index contributed by atoms with van der Waals surface area (Å²) >= 11 is 6.06. The summed E-state index contributed by atoms with van der Waals surface area (Å²) < 4.78 is 40.3. The maximum absolute atomic E-state index is 13.0. The van der Waals surface area contributed by atoms with Gasteiger partial charge in [-0.2, -0.15) is 0 Å². The van der Waals surface area contributed by atoms with Crippen LogP contribution in [-0.2, 0) is 10.0 Å². The molecule has 0 saturated carbocycles. The van der Waals surface area contributed by atoms with Crippen molar-refractivity contribution in [3.05, 3.63) is 58.9 Å². The van der Waals surface area contributed by atoms with E-state index in [1.165, 1.54) is 30.3 Å². The summed E-state index contributed by atoms with van der Waals surface area (Å²) in [6, 6.07) is 8.68. The van der Waals surface area contributed by atoms with Crippen LogP contribution in [0.4, 0.5) is 10.1 Å². The number of benzene rings is 2. The highest BCUT2D eigenvalue weighted by Gasteiger charge is 2.20. The van der Waals surface area contributed by atoms with Crippen LogP contribution in [-0.4, -0.2) is 20.4 Å². The Bertz CT molecular complexity index is 899. The molecule has 0 aliphatic carbocycles. The average molecular weight is 399 g/mol. The van der Waals surface area contributed by atoms with Crippen molar-refractivity contribution in [2.24, 2.45) is 5.92 Å². The summed E-state index contributed by atoms with van der Waals surface area (Å²) in [5, 5.41) is 2.94. The van der Waals surface area contributed by atoms with Gasteiger partial charge in [-0.25, -0.2) is 12.8 Å². The molecule has 140 valence electrons. The lowest BCUT2D eigenvalue weighted by Gasteiger charge is -2.18. The standard InChI is InChI=1S/C18H20ClFN2O3S/c1-11(2)12(3)21-18(23)16-10-15(8-9-17(16)19)26(24,25)22-14-6-4-13(20)5-7-14/h4-12,22H,1-3H3,(H,21,23). The summed E-state index contributed by atoms with van der Waals surface area (Å²) in [6.07, 6.45) is 0. The molecule has 0 saturated heterocycles. The van der Waals surface area contributed by atoms with Crippen molar-refractivity contribution in [3.8, 4) is 0 Å². The van der Waals surface area contributed by atoms with Gasteiger partial charge in [0.05, 0.1) is 15.5 Å². The average Bonchev–Trinajstić information content (AvgIpc) is 2.56. The SMILES string of the molecule is CC(C)C(C)NC(=O)c1cc(S(=O)(=O)Nc2ccc(F)cc2)ccc1Cl. The highest BCUT2D eigenvalue weighted by atomic mass is 35.5. The van der Waals surface area contributed by atoms with Crippen molar-refractivity contribution >= 4 is 33.2 Å². The van der Waals surface area contributed by atoms with Crippen molar-refractivity contribution in [2.75, 3.05) is 4.72 Å². The summed E-state index contributed by atoms with van der Waals surface area (Å²) in [6.45, 7) is 5.77. The smallest absolute Gasteiger partial charge is 0.261 e. The van der Waals surface area contributed by atoms with Crippen LogP contribution < -0.4 is 10.0 Å². The lowest BCUT2D eigenvalue weighted by Crippen LogP contribution is -2.36. The topological polar surface area (TPSA) is 75.3 Å².